The number of carbonyl (C=O) groups excluding carboxylic acids is 6. The Labute approximate surface area is 560 Å². The molecule has 0 aromatic heterocycles. The van der Waals surface area contributed by atoms with E-state index < -0.39 is 16.8 Å². The summed E-state index contributed by atoms with van der Waals surface area (Å²) >= 11 is 0. The van der Waals surface area contributed by atoms with Gasteiger partial charge in [-0.25, -0.2) is 0 Å². The van der Waals surface area contributed by atoms with Gasteiger partial charge in [-0.05, 0) is 227 Å². The van der Waals surface area contributed by atoms with Crippen LogP contribution in [0.3, 0.4) is 0 Å². The third-order valence-corrected chi connectivity index (χ3v) is 16.6. The standard InChI is InChI=1S/2C14H26O2.3C13H24O2.C12H22O2/c1-12(2,3)11(15)14(8-7-9-14)10-16-13(4,5)6;1-12(2,3)11(15)14(9-7-8-10-14)16-13(4,5)6;1-11(2,3)10(14)13(7-8-13)9-15-12(4,5)6;1-11(2,3)10(14)13(8-7-9-13)15-12(4,5)6;1-12(2,3)11(14)10(9-7-8-9)15-13(4,5)6;1-10(2,3)9(13)12(7-8-12)14-11(4,5)6/h2*7-10H2,1-6H3;2*7-9H2,1-6H3;9-10H,7-8H2,1-6H3;7-8H2,1-6H3. The molecule has 1 unspecified atom stereocenters. The third-order valence-electron chi connectivity index (χ3n) is 16.6. The van der Waals surface area contributed by atoms with Crippen molar-refractivity contribution in [3.63, 3.8) is 0 Å². The van der Waals surface area contributed by atoms with E-state index in [2.05, 4.69) is 0 Å². The van der Waals surface area contributed by atoms with Crippen LogP contribution in [0, 0.1) is 49.2 Å². The summed E-state index contributed by atoms with van der Waals surface area (Å²) in [4.78, 5) is 73.8. The normalized spacial score (nSPS) is 20.6. The average Bonchev–Trinajstić information content (AvgIpc) is 1.04. The van der Waals surface area contributed by atoms with Crippen molar-refractivity contribution in [2.75, 3.05) is 13.2 Å². The molecule has 0 heterocycles. The SMILES string of the molecule is CC(C)(C)OC(C(=O)C(C)(C)C)C1CC1.CC(C)(C)OC1(C(=O)C(C)(C)C)CC1.CC(C)(C)OC1(C(=O)C(C)(C)C)CCC1.CC(C)(C)OC1(C(=O)C(C)(C)C)CCCC1.CC(C)(C)OCC1(C(=O)C(C)(C)C)CC1.CC(C)(C)OCC1(C(=O)C(C)(C)C)CCC1. The van der Waals surface area contributed by atoms with Crippen molar-refractivity contribution in [1.29, 1.82) is 0 Å². The highest BCUT2D eigenvalue weighted by Crippen LogP contribution is 2.52. The van der Waals surface area contributed by atoms with Crippen LogP contribution in [0.2, 0.25) is 0 Å². The Morgan fingerprint density at radius 3 is 0.714 bits per heavy atom. The Morgan fingerprint density at radius 2 is 0.549 bits per heavy atom. The summed E-state index contributed by atoms with van der Waals surface area (Å²) in [7, 11) is 0. The van der Waals surface area contributed by atoms with Crippen LogP contribution < -0.4 is 0 Å². The number of rotatable bonds is 15. The second kappa shape index (κ2) is 30.3. The predicted octanol–water partition coefficient (Wildman–Crippen LogP) is 20.0. The van der Waals surface area contributed by atoms with Gasteiger partial charge in [0.05, 0.1) is 57.7 Å². The maximum Gasteiger partial charge on any atom is 0.169 e. The average molecular weight is 1290 g/mol. The summed E-state index contributed by atoms with van der Waals surface area (Å²) in [5.74, 6) is 2.23. The van der Waals surface area contributed by atoms with Gasteiger partial charge in [0.15, 0.2) is 23.1 Å². The van der Waals surface area contributed by atoms with Crippen LogP contribution in [0.25, 0.3) is 0 Å². The van der Waals surface area contributed by atoms with Crippen molar-refractivity contribution >= 4 is 34.7 Å². The Kier molecular flexibility index (Phi) is 28.9. The maximum absolute atomic E-state index is 12.5. The molecule has 0 aromatic rings. The smallest absolute Gasteiger partial charge is 0.169 e. The lowest BCUT2D eigenvalue weighted by Gasteiger charge is -2.47. The molecule has 6 saturated carbocycles. The minimum absolute atomic E-state index is 0.145. The molecule has 534 valence electrons. The number of ketones is 6. The van der Waals surface area contributed by atoms with Crippen LogP contribution in [0.15, 0.2) is 0 Å². The van der Waals surface area contributed by atoms with Crippen LogP contribution in [0.1, 0.15) is 352 Å². The highest BCUT2D eigenvalue weighted by atomic mass is 16.5. The van der Waals surface area contributed by atoms with E-state index in [1.807, 2.05) is 249 Å². The molecule has 12 nitrogen and oxygen atoms in total. The zero-order valence-corrected chi connectivity index (χ0v) is 66.3. The van der Waals surface area contributed by atoms with Gasteiger partial charge in [0.25, 0.3) is 0 Å². The highest BCUT2D eigenvalue weighted by Gasteiger charge is 2.57. The monoisotopic (exact) mass is 1290 g/mol. The molecule has 1 atom stereocenters. The first-order valence-corrected chi connectivity index (χ1v) is 35.3. The zero-order valence-electron chi connectivity index (χ0n) is 66.3. The van der Waals surface area contributed by atoms with Crippen LogP contribution in [0.4, 0.5) is 0 Å². The second-order valence-corrected chi connectivity index (χ2v) is 40.4. The summed E-state index contributed by atoms with van der Waals surface area (Å²) < 4.78 is 35.5. The van der Waals surface area contributed by atoms with E-state index in [9.17, 15) is 28.8 Å². The van der Waals surface area contributed by atoms with Gasteiger partial charge < -0.3 is 28.4 Å². The Bertz CT molecular complexity index is 2360. The van der Waals surface area contributed by atoms with Crippen molar-refractivity contribution in [2.24, 2.45) is 49.2 Å². The first kappa shape index (κ1) is 86.8. The molecule has 6 rings (SSSR count). The molecule has 0 spiro atoms. The highest BCUT2D eigenvalue weighted by molar-refractivity contribution is 5.95. The summed E-state index contributed by atoms with van der Waals surface area (Å²) in [5, 5.41) is 0. The van der Waals surface area contributed by atoms with Crippen molar-refractivity contribution < 1.29 is 57.2 Å². The van der Waals surface area contributed by atoms with Crippen LogP contribution in [0.5, 0.6) is 0 Å². The van der Waals surface area contributed by atoms with E-state index in [0.29, 0.717) is 30.7 Å². The Balaban J connectivity index is 0.000000546. The molecule has 6 aliphatic rings. The van der Waals surface area contributed by atoms with Gasteiger partial charge in [-0.3, -0.25) is 28.8 Å². The molecule has 0 saturated heterocycles. The molecule has 6 aliphatic carbocycles. The molecule has 0 N–H and O–H groups in total. The van der Waals surface area contributed by atoms with E-state index in [4.69, 9.17) is 28.4 Å². The zero-order chi connectivity index (χ0) is 72.1. The summed E-state index contributed by atoms with van der Waals surface area (Å²) in [6.45, 7) is 73.3. The van der Waals surface area contributed by atoms with Gasteiger partial charge in [-0.1, -0.05) is 131 Å². The number of Topliss-reactive ketones (excluding diaryl/α,β-unsaturated/α-hetero) is 6. The van der Waals surface area contributed by atoms with Crippen molar-refractivity contribution in [1.82, 2.24) is 0 Å². The number of carbonyl (C=O) groups is 6. The van der Waals surface area contributed by atoms with Crippen molar-refractivity contribution in [3.8, 4) is 0 Å². The lowest BCUT2D eigenvalue weighted by molar-refractivity contribution is -0.191. The number of hydrogen-bond acceptors (Lipinski definition) is 12. The summed E-state index contributed by atoms with van der Waals surface area (Å²) in [6, 6.07) is 0. The van der Waals surface area contributed by atoms with E-state index in [-0.39, 0.29) is 106 Å². The van der Waals surface area contributed by atoms with Gasteiger partial charge >= 0.3 is 0 Å². The molecule has 12 heteroatoms. The summed E-state index contributed by atoms with van der Waals surface area (Å²) in [6.07, 6.45) is 15.9. The van der Waals surface area contributed by atoms with Gasteiger partial charge in [0, 0.05) is 32.5 Å². The molecule has 0 aliphatic heterocycles. The lowest BCUT2D eigenvalue weighted by Crippen LogP contribution is -2.55. The predicted molar refractivity (Wildman–Crippen MR) is 376 cm³/mol. The first-order chi connectivity index (χ1) is 40.0. The van der Waals surface area contributed by atoms with Crippen LogP contribution in [-0.2, 0) is 57.2 Å². The fourth-order valence-electron chi connectivity index (χ4n) is 12.0. The molecule has 91 heavy (non-hydrogen) atoms. The largest absolute Gasteiger partial charge is 0.375 e. The van der Waals surface area contributed by atoms with Gasteiger partial charge in [0.2, 0.25) is 0 Å². The van der Waals surface area contributed by atoms with Gasteiger partial charge in [-0.15, -0.1) is 0 Å². The summed E-state index contributed by atoms with van der Waals surface area (Å²) in [5.41, 5.74) is -4.73. The van der Waals surface area contributed by atoms with Gasteiger partial charge in [-0.2, -0.15) is 0 Å². The van der Waals surface area contributed by atoms with Crippen LogP contribution >= 0.6 is 0 Å². The number of ether oxygens (including phenoxy) is 6. The van der Waals surface area contributed by atoms with E-state index in [1.54, 1.807) is 0 Å². The van der Waals surface area contributed by atoms with Gasteiger partial charge in [0.1, 0.15) is 34.5 Å². The van der Waals surface area contributed by atoms with E-state index >= 15 is 0 Å². The molecule has 0 aromatic carbocycles. The van der Waals surface area contributed by atoms with E-state index in [0.717, 1.165) is 103 Å². The fourth-order valence-corrected chi connectivity index (χ4v) is 12.0. The first-order valence-electron chi connectivity index (χ1n) is 35.3. The fraction of sp³-hybridized carbons (Fsp3) is 0.924. The number of hydrogen-bond donors (Lipinski definition) is 0. The lowest BCUT2D eigenvalue weighted by atomic mass is 9.61. The molecule has 0 amide bonds. The minimum atomic E-state index is -0.517. The van der Waals surface area contributed by atoms with Crippen molar-refractivity contribution in [3.05, 3.63) is 0 Å². The topological polar surface area (TPSA) is 158 Å². The molecular weight excluding hydrogens is 1140 g/mol. The Hall–Kier alpha value is -2.22. The third kappa shape index (κ3) is 30.0. The molecule has 0 radical (unpaired) electrons. The molecular formula is C79H146O12. The second-order valence-electron chi connectivity index (χ2n) is 40.4. The minimum Gasteiger partial charge on any atom is -0.375 e. The Morgan fingerprint density at radius 1 is 0.297 bits per heavy atom. The van der Waals surface area contributed by atoms with Crippen LogP contribution in [-0.4, -0.2) is 104 Å². The van der Waals surface area contributed by atoms with Crippen molar-refractivity contribution in [2.45, 2.75) is 409 Å². The molecule has 6 fully saturated rings. The molecule has 0 bridgehead atoms. The maximum atomic E-state index is 12.5. The quantitative estimate of drug-likeness (QED) is 0.153. The van der Waals surface area contributed by atoms with E-state index in [1.165, 1.54) is 0 Å².